The van der Waals surface area contributed by atoms with E-state index in [9.17, 15) is 4.79 Å². The minimum Gasteiger partial charge on any atom is -0.335 e. The van der Waals surface area contributed by atoms with E-state index in [0.29, 0.717) is 17.5 Å². The normalized spacial score (nSPS) is 19.0. The Hall–Kier alpha value is -2.05. The molecule has 2 aromatic heterocycles. The third-order valence-corrected chi connectivity index (χ3v) is 5.25. The quantitative estimate of drug-likeness (QED) is 0.669. The van der Waals surface area contributed by atoms with E-state index < -0.39 is 0 Å². The third kappa shape index (κ3) is 3.65. The van der Waals surface area contributed by atoms with Crippen molar-refractivity contribution in [3.05, 3.63) is 69.5 Å². The summed E-state index contributed by atoms with van der Waals surface area (Å²) in [5.41, 5.74) is 2.83. The molecule has 7 heteroatoms. The SMILES string of the molecule is O=C(NCc1cn2cc(Cl)ccc2n1)NC1CC1c1ccccc1Br. The van der Waals surface area contributed by atoms with Crippen molar-refractivity contribution in [3.8, 4) is 0 Å². The van der Waals surface area contributed by atoms with Crippen molar-refractivity contribution in [2.75, 3.05) is 0 Å². The summed E-state index contributed by atoms with van der Waals surface area (Å²) in [5.74, 6) is 0.374. The van der Waals surface area contributed by atoms with Crippen LogP contribution in [0.4, 0.5) is 4.79 Å². The second-order valence-electron chi connectivity index (χ2n) is 6.14. The van der Waals surface area contributed by atoms with Gasteiger partial charge in [0.05, 0.1) is 17.3 Å². The van der Waals surface area contributed by atoms with Crippen LogP contribution < -0.4 is 10.6 Å². The number of imidazole rings is 1. The summed E-state index contributed by atoms with van der Waals surface area (Å²) in [6, 6.07) is 11.8. The molecule has 2 N–H and O–H groups in total. The van der Waals surface area contributed by atoms with E-state index in [2.05, 4.69) is 37.6 Å². The fourth-order valence-electron chi connectivity index (χ4n) is 2.97. The van der Waals surface area contributed by atoms with E-state index in [-0.39, 0.29) is 12.1 Å². The molecular formula is C18H16BrClN4O. The second-order valence-corrected chi connectivity index (χ2v) is 7.43. The van der Waals surface area contributed by atoms with Crippen LogP contribution in [-0.2, 0) is 6.54 Å². The van der Waals surface area contributed by atoms with Gasteiger partial charge in [-0.05, 0) is 30.2 Å². The zero-order chi connectivity index (χ0) is 17.4. The number of benzene rings is 1. The molecule has 0 bridgehead atoms. The van der Waals surface area contributed by atoms with E-state index in [4.69, 9.17) is 11.6 Å². The van der Waals surface area contributed by atoms with Gasteiger partial charge in [0.25, 0.3) is 0 Å². The van der Waals surface area contributed by atoms with Gasteiger partial charge in [0.15, 0.2) is 0 Å². The minimum absolute atomic E-state index is 0.172. The Balaban J connectivity index is 1.31. The monoisotopic (exact) mass is 418 g/mol. The van der Waals surface area contributed by atoms with Crippen molar-refractivity contribution in [1.82, 2.24) is 20.0 Å². The molecule has 4 rings (SSSR count). The molecule has 2 heterocycles. The molecule has 0 spiro atoms. The Morgan fingerprint density at radius 1 is 1.28 bits per heavy atom. The number of aromatic nitrogens is 2. The number of pyridine rings is 1. The highest BCUT2D eigenvalue weighted by molar-refractivity contribution is 9.10. The highest BCUT2D eigenvalue weighted by Crippen LogP contribution is 2.43. The first kappa shape index (κ1) is 16.4. The van der Waals surface area contributed by atoms with Gasteiger partial charge in [-0.2, -0.15) is 0 Å². The van der Waals surface area contributed by atoms with Crippen LogP contribution in [-0.4, -0.2) is 21.5 Å². The number of hydrogen-bond acceptors (Lipinski definition) is 2. The predicted molar refractivity (Wildman–Crippen MR) is 101 cm³/mol. The maximum Gasteiger partial charge on any atom is 0.315 e. The standard InChI is InChI=1S/C18H16BrClN4O/c19-15-4-2-1-3-13(15)14-7-16(14)23-18(25)21-8-12-10-24-9-11(20)5-6-17(24)22-12/h1-6,9-10,14,16H,7-8H2,(H2,21,23,25). The van der Waals surface area contributed by atoms with Crippen LogP contribution in [0.15, 0.2) is 53.3 Å². The van der Waals surface area contributed by atoms with Gasteiger partial charge in [-0.1, -0.05) is 45.7 Å². The molecule has 2 atom stereocenters. The summed E-state index contributed by atoms with van der Waals surface area (Å²) in [6.07, 6.45) is 4.62. The fraction of sp³-hybridized carbons (Fsp3) is 0.222. The van der Waals surface area contributed by atoms with Gasteiger partial charge in [0, 0.05) is 28.8 Å². The largest absolute Gasteiger partial charge is 0.335 e. The summed E-state index contributed by atoms with van der Waals surface area (Å²) in [6.45, 7) is 0.373. The molecule has 1 aromatic carbocycles. The number of nitrogens with zero attached hydrogens (tertiary/aromatic N) is 2. The lowest BCUT2D eigenvalue weighted by Crippen LogP contribution is -2.37. The Morgan fingerprint density at radius 3 is 2.96 bits per heavy atom. The van der Waals surface area contributed by atoms with Crippen molar-refractivity contribution in [2.24, 2.45) is 0 Å². The Morgan fingerprint density at radius 2 is 2.12 bits per heavy atom. The lowest BCUT2D eigenvalue weighted by atomic mass is 10.1. The van der Waals surface area contributed by atoms with E-state index >= 15 is 0 Å². The summed E-state index contributed by atoms with van der Waals surface area (Å²) in [7, 11) is 0. The molecule has 25 heavy (non-hydrogen) atoms. The van der Waals surface area contributed by atoms with Gasteiger partial charge >= 0.3 is 6.03 Å². The van der Waals surface area contributed by atoms with E-state index in [1.165, 1.54) is 5.56 Å². The van der Waals surface area contributed by atoms with E-state index in [1.54, 1.807) is 12.3 Å². The first-order chi connectivity index (χ1) is 12.1. The molecule has 2 unspecified atom stereocenters. The number of rotatable bonds is 4. The molecule has 2 amide bonds. The third-order valence-electron chi connectivity index (χ3n) is 4.31. The topological polar surface area (TPSA) is 58.4 Å². The molecule has 1 aliphatic rings. The van der Waals surface area contributed by atoms with Crippen LogP contribution in [0.2, 0.25) is 5.02 Å². The number of urea groups is 1. The van der Waals surface area contributed by atoms with Crippen LogP contribution >= 0.6 is 27.5 Å². The Labute approximate surface area is 158 Å². The van der Waals surface area contributed by atoms with Crippen molar-refractivity contribution >= 4 is 39.2 Å². The summed E-state index contributed by atoms with van der Waals surface area (Å²) in [4.78, 5) is 16.6. The van der Waals surface area contributed by atoms with Crippen molar-refractivity contribution in [3.63, 3.8) is 0 Å². The molecule has 1 aliphatic carbocycles. The van der Waals surface area contributed by atoms with Gasteiger partial charge in [0.1, 0.15) is 5.65 Å². The van der Waals surface area contributed by atoms with Crippen LogP contribution in [0, 0.1) is 0 Å². The molecule has 5 nitrogen and oxygen atoms in total. The molecule has 0 saturated heterocycles. The average molecular weight is 420 g/mol. The first-order valence-corrected chi connectivity index (χ1v) is 9.19. The van der Waals surface area contributed by atoms with E-state index in [0.717, 1.165) is 22.2 Å². The van der Waals surface area contributed by atoms with Gasteiger partial charge in [-0.25, -0.2) is 9.78 Å². The summed E-state index contributed by atoms with van der Waals surface area (Å²) in [5, 5.41) is 6.53. The van der Waals surface area contributed by atoms with Gasteiger partial charge < -0.3 is 15.0 Å². The fourth-order valence-corrected chi connectivity index (χ4v) is 3.71. The number of nitrogens with one attached hydrogen (secondary N) is 2. The Kier molecular flexibility index (Phi) is 4.39. The number of carbonyl (C=O) groups is 1. The van der Waals surface area contributed by atoms with Crippen molar-refractivity contribution in [1.29, 1.82) is 0 Å². The predicted octanol–water partition coefficient (Wildman–Crippen LogP) is 4.11. The molecule has 0 radical (unpaired) electrons. The zero-order valence-electron chi connectivity index (χ0n) is 13.2. The Bertz CT molecular complexity index is 942. The first-order valence-electron chi connectivity index (χ1n) is 8.02. The maximum atomic E-state index is 12.1. The van der Waals surface area contributed by atoms with E-state index in [1.807, 2.05) is 34.9 Å². The number of amides is 2. The highest BCUT2D eigenvalue weighted by Gasteiger charge is 2.40. The molecule has 0 aliphatic heterocycles. The molecule has 1 fully saturated rings. The molecule has 1 saturated carbocycles. The lowest BCUT2D eigenvalue weighted by molar-refractivity contribution is 0.240. The number of halogens is 2. The van der Waals surface area contributed by atoms with Crippen molar-refractivity contribution < 1.29 is 4.79 Å². The zero-order valence-corrected chi connectivity index (χ0v) is 15.6. The number of carbonyl (C=O) groups excluding carboxylic acids is 1. The van der Waals surface area contributed by atoms with Crippen LogP contribution in [0.5, 0.6) is 0 Å². The number of hydrogen-bond donors (Lipinski definition) is 2. The van der Waals surface area contributed by atoms with Crippen LogP contribution in [0.3, 0.4) is 0 Å². The minimum atomic E-state index is -0.172. The molecular weight excluding hydrogens is 404 g/mol. The summed E-state index contributed by atoms with van der Waals surface area (Å²) >= 11 is 9.53. The van der Waals surface area contributed by atoms with Gasteiger partial charge in [-0.3, -0.25) is 0 Å². The van der Waals surface area contributed by atoms with Crippen molar-refractivity contribution in [2.45, 2.75) is 24.9 Å². The molecule has 3 aromatic rings. The number of fused-ring (bicyclic) bond motifs is 1. The lowest BCUT2D eigenvalue weighted by Gasteiger charge is -2.07. The summed E-state index contributed by atoms with van der Waals surface area (Å²) < 4.78 is 2.94. The van der Waals surface area contributed by atoms with Gasteiger partial charge in [-0.15, -0.1) is 0 Å². The van der Waals surface area contributed by atoms with Crippen LogP contribution in [0.25, 0.3) is 5.65 Å². The van der Waals surface area contributed by atoms with Gasteiger partial charge in [0.2, 0.25) is 0 Å². The second kappa shape index (κ2) is 6.69. The average Bonchev–Trinajstić information content (AvgIpc) is 3.21. The van der Waals surface area contributed by atoms with Crippen LogP contribution in [0.1, 0.15) is 23.6 Å². The molecule has 128 valence electrons. The maximum absolute atomic E-state index is 12.1. The smallest absolute Gasteiger partial charge is 0.315 e. The highest BCUT2D eigenvalue weighted by atomic mass is 79.9.